The van der Waals surface area contributed by atoms with Gasteiger partial charge in [-0.2, -0.15) is 0 Å². The zero-order chi connectivity index (χ0) is 23.6. The van der Waals surface area contributed by atoms with E-state index in [9.17, 15) is 22.7 Å². The number of piperidine rings is 1. The van der Waals surface area contributed by atoms with Crippen LogP contribution in [0.4, 0.5) is 15.8 Å². The van der Waals surface area contributed by atoms with Crippen LogP contribution in [0.15, 0.2) is 41.3 Å². The molecule has 0 bridgehead atoms. The number of carboxylic acid groups (broad SMARTS) is 1. The number of benzene rings is 2. The topological polar surface area (TPSA) is 90.0 Å². The molecule has 0 radical (unpaired) electrons. The average Bonchev–Trinajstić information content (AvgIpc) is 3.28. The summed E-state index contributed by atoms with van der Waals surface area (Å²) in [5.74, 6) is -1.29. The van der Waals surface area contributed by atoms with Gasteiger partial charge in [-0.15, -0.1) is 0 Å². The summed E-state index contributed by atoms with van der Waals surface area (Å²) in [6.07, 6.45) is 4.60. The van der Waals surface area contributed by atoms with Crippen molar-refractivity contribution in [2.45, 2.75) is 37.5 Å². The summed E-state index contributed by atoms with van der Waals surface area (Å²) < 4.78 is 41.6. The van der Waals surface area contributed by atoms with Crippen molar-refractivity contribution in [3.63, 3.8) is 0 Å². The molecule has 2 aliphatic heterocycles. The Morgan fingerprint density at radius 2 is 1.88 bits per heavy atom. The molecule has 7 nitrogen and oxygen atoms in total. The van der Waals surface area contributed by atoms with E-state index in [1.807, 2.05) is 0 Å². The number of aromatic carboxylic acids is 1. The van der Waals surface area contributed by atoms with E-state index < -0.39 is 21.8 Å². The van der Waals surface area contributed by atoms with Crippen molar-refractivity contribution >= 4 is 27.4 Å². The highest BCUT2D eigenvalue weighted by molar-refractivity contribution is 7.92. The molecule has 0 saturated carbocycles. The summed E-state index contributed by atoms with van der Waals surface area (Å²) in [6.45, 7) is 6.43. The molecular weight excluding hydrogens is 445 g/mol. The van der Waals surface area contributed by atoms with E-state index in [1.54, 1.807) is 19.1 Å². The van der Waals surface area contributed by atoms with Gasteiger partial charge >= 0.3 is 5.97 Å². The Morgan fingerprint density at radius 3 is 2.61 bits per heavy atom. The Labute approximate surface area is 194 Å². The first-order valence-electron chi connectivity index (χ1n) is 11.4. The molecule has 2 aromatic carbocycles. The fourth-order valence-corrected chi connectivity index (χ4v) is 6.19. The highest BCUT2D eigenvalue weighted by Crippen LogP contribution is 2.31. The van der Waals surface area contributed by atoms with Crippen LogP contribution < -0.4 is 9.62 Å². The fourth-order valence-electron chi connectivity index (χ4n) is 4.88. The molecular formula is C24H30FN3O4S. The van der Waals surface area contributed by atoms with Gasteiger partial charge in [0, 0.05) is 25.3 Å². The Kier molecular flexibility index (Phi) is 6.90. The number of anilines is 2. The molecule has 0 aromatic heterocycles. The summed E-state index contributed by atoms with van der Waals surface area (Å²) >= 11 is 0. The molecule has 2 N–H and O–H groups in total. The number of carboxylic acids is 1. The minimum absolute atomic E-state index is 0.0491. The summed E-state index contributed by atoms with van der Waals surface area (Å²) in [7, 11) is -4.07. The normalized spacial score (nSPS) is 19.6. The van der Waals surface area contributed by atoms with E-state index >= 15 is 0 Å². The van der Waals surface area contributed by atoms with Gasteiger partial charge in [0.05, 0.1) is 16.1 Å². The van der Waals surface area contributed by atoms with Gasteiger partial charge in [-0.05, 0) is 87.5 Å². The van der Waals surface area contributed by atoms with Gasteiger partial charge < -0.3 is 14.9 Å². The molecule has 33 heavy (non-hydrogen) atoms. The Bertz CT molecular complexity index is 1130. The predicted molar refractivity (Wildman–Crippen MR) is 126 cm³/mol. The molecule has 4 rings (SSSR count). The molecule has 2 saturated heterocycles. The lowest BCUT2D eigenvalue weighted by Crippen LogP contribution is -2.41. The molecule has 0 amide bonds. The van der Waals surface area contributed by atoms with Gasteiger partial charge in [0.2, 0.25) is 0 Å². The second-order valence-electron chi connectivity index (χ2n) is 9.01. The number of likely N-dealkylation sites (tertiary alicyclic amines) is 1. The number of aryl methyl sites for hydroxylation is 1. The van der Waals surface area contributed by atoms with Crippen molar-refractivity contribution < 1.29 is 22.7 Å². The van der Waals surface area contributed by atoms with Crippen molar-refractivity contribution in [3.8, 4) is 0 Å². The maximum Gasteiger partial charge on any atom is 0.337 e. The summed E-state index contributed by atoms with van der Waals surface area (Å²) in [4.78, 5) is 16.5. The van der Waals surface area contributed by atoms with Crippen molar-refractivity contribution in [1.82, 2.24) is 4.90 Å². The Balaban J connectivity index is 1.55. The van der Waals surface area contributed by atoms with Gasteiger partial charge in [-0.25, -0.2) is 17.6 Å². The van der Waals surface area contributed by atoms with Crippen LogP contribution in [0.3, 0.4) is 0 Å². The zero-order valence-corrected chi connectivity index (χ0v) is 19.6. The molecule has 9 heteroatoms. The molecule has 2 fully saturated rings. The van der Waals surface area contributed by atoms with Crippen LogP contribution in [0, 0.1) is 18.7 Å². The van der Waals surface area contributed by atoms with Crippen molar-refractivity contribution in [2.24, 2.45) is 5.92 Å². The van der Waals surface area contributed by atoms with Crippen LogP contribution in [-0.2, 0) is 10.0 Å². The lowest BCUT2D eigenvalue weighted by molar-refractivity contribution is 0.0697. The predicted octanol–water partition coefficient (Wildman–Crippen LogP) is 3.95. The average molecular weight is 476 g/mol. The first-order valence-corrected chi connectivity index (χ1v) is 12.8. The van der Waals surface area contributed by atoms with E-state index in [0.29, 0.717) is 17.2 Å². The van der Waals surface area contributed by atoms with Crippen LogP contribution in [0.25, 0.3) is 0 Å². The molecule has 2 heterocycles. The second-order valence-corrected chi connectivity index (χ2v) is 10.7. The van der Waals surface area contributed by atoms with Crippen LogP contribution in [-0.4, -0.2) is 57.1 Å². The number of halogens is 1. The van der Waals surface area contributed by atoms with Crippen LogP contribution in [0.1, 0.15) is 41.6 Å². The maximum absolute atomic E-state index is 13.6. The molecule has 0 unspecified atom stereocenters. The standard InChI is InChI=1S/C24H30FN3O4S/c1-17-6-7-19(25)13-23(17)33(31,32)26-20-8-9-22(21(14-20)24(29)30)28-12-4-5-18(16-28)15-27-10-2-3-11-27/h6-9,13-14,18,26H,2-5,10-12,15-16H2,1H3,(H,29,30)/t18-/m0/s1. The van der Waals surface area contributed by atoms with Crippen molar-refractivity contribution in [1.29, 1.82) is 0 Å². The number of carbonyl (C=O) groups is 1. The lowest BCUT2D eigenvalue weighted by Gasteiger charge is -2.36. The minimum atomic E-state index is -4.07. The number of hydrogen-bond donors (Lipinski definition) is 2. The fraction of sp³-hybridized carbons (Fsp3) is 0.458. The lowest BCUT2D eigenvalue weighted by atomic mass is 9.96. The Morgan fingerprint density at radius 1 is 1.12 bits per heavy atom. The van der Waals surface area contributed by atoms with Crippen molar-refractivity contribution in [3.05, 3.63) is 53.3 Å². The molecule has 2 aliphatic rings. The number of nitrogens with zero attached hydrogens (tertiary/aromatic N) is 2. The van der Waals surface area contributed by atoms with Gasteiger partial charge in [0.25, 0.3) is 10.0 Å². The highest BCUT2D eigenvalue weighted by atomic mass is 32.2. The summed E-state index contributed by atoms with van der Waals surface area (Å²) in [5.41, 5.74) is 1.17. The van der Waals surface area contributed by atoms with E-state index in [-0.39, 0.29) is 16.1 Å². The van der Waals surface area contributed by atoms with Crippen molar-refractivity contribution in [2.75, 3.05) is 42.3 Å². The van der Waals surface area contributed by atoms with E-state index in [2.05, 4.69) is 14.5 Å². The molecule has 1 atom stereocenters. The second kappa shape index (κ2) is 9.69. The molecule has 0 spiro atoms. The number of nitrogens with one attached hydrogen (secondary N) is 1. The smallest absolute Gasteiger partial charge is 0.337 e. The third-order valence-electron chi connectivity index (χ3n) is 6.49. The monoisotopic (exact) mass is 475 g/mol. The number of sulfonamides is 1. The van der Waals surface area contributed by atoms with E-state index in [1.165, 1.54) is 31.0 Å². The first kappa shape index (κ1) is 23.5. The van der Waals surface area contributed by atoms with Crippen LogP contribution >= 0.6 is 0 Å². The van der Waals surface area contributed by atoms with Gasteiger partial charge in [-0.1, -0.05) is 6.07 Å². The number of rotatable bonds is 7. The molecule has 2 aromatic rings. The zero-order valence-electron chi connectivity index (χ0n) is 18.8. The van der Waals surface area contributed by atoms with Crippen LogP contribution in [0.2, 0.25) is 0 Å². The first-order chi connectivity index (χ1) is 15.7. The quantitative estimate of drug-likeness (QED) is 0.630. The minimum Gasteiger partial charge on any atom is -0.478 e. The largest absolute Gasteiger partial charge is 0.478 e. The SMILES string of the molecule is Cc1ccc(F)cc1S(=O)(=O)Nc1ccc(N2CCC[C@@H](CN3CCCC3)C2)c(C(=O)O)c1. The number of hydrogen-bond acceptors (Lipinski definition) is 5. The van der Waals surface area contributed by atoms with Crippen LogP contribution in [0.5, 0.6) is 0 Å². The van der Waals surface area contributed by atoms with Gasteiger partial charge in [-0.3, -0.25) is 4.72 Å². The maximum atomic E-state index is 13.6. The third kappa shape index (κ3) is 5.47. The molecule has 0 aliphatic carbocycles. The van der Waals surface area contributed by atoms with E-state index in [4.69, 9.17) is 0 Å². The highest BCUT2D eigenvalue weighted by Gasteiger charge is 2.27. The Hall–Kier alpha value is -2.65. The summed E-state index contributed by atoms with van der Waals surface area (Å²) in [5, 5.41) is 9.85. The summed E-state index contributed by atoms with van der Waals surface area (Å²) in [6, 6.07) is 8.12. The molecule has 178 valence electrons. The third-order valence-corrected chi connectivity index (χ3v) is 8.02. The van der Waals surface area contributed by atoms with Gasteiger partial charge in [0.1, 0.15) is 5.82 Å². The van der Waals surface area contributed by atoms with Gasteiger partial charge in [0.15, 0.2) is 0 Å². The van der Waals surface area contributed by atoms with E-state index in [0.717, 1.165) is 51.6 Å².